The Labute approximate surface area is 127 Å². The van der Waals surface area contributed by atoms with E-state index in [9.17, 15) is 4.79 Å². The van der Waals surface area contributed by atoms with E-state index in [1.807, 2.05) is 0 Å². The first-order valence-corrected chi connectivity index (χ1v) is 8.39. The second-order valence-corrected chi connectivity index (χ2v) is 6.53. The zero-order valence-electron chi connectivity index (χ0n) is 13.0. The van der Waals surface area contributed by atoms with Gasteiger partial charge in [-0.05, 0) is 67.8 Å². The molecular weight excluding hydrogens is 260 g/mol. The fourth-order valence-electron chi connectivity index (χ4n) is 3.64. The maximum absolute atomic E-state index is 12.4. The van der Waals surface area contributed by atoms with Crippen LogP contribution in [-0.4, -0.2) is 12.5 Å². The molecule has 1 aromatic rings. The average Bonchev–Trinajstić information content (AvgIpc) is 2.55. The van der Waals surface area contributed by atoms with Crippen LogP contribution < -0.4 is 10.6 Å². The molecule has 1 heterocycles. The number of carbonyl (C=O) groups excluding carboxylic acids is 1. The number of rotatable bonds is 3. The number of hydrogen-bond donors (Lipinski definition) is 2. The number of carbonyl (C=O) groups is 1. The Hall–Kier alpha value is -1.35. The summed E-state index contributed by atoms with van der Waals surface area (Å²) in [7, 11) is 0. The summed E-state index contributed by atoms with van der Waals surface area (Å²) in [5, 5.41) is 6.51. The SMILES string of the molecule is CCC1CCC(C(=O)Nc2ccc3c(c2)CNCC3)CC1. The zero-order valence-corrected chi connectivity index (χ0v) is 13.0. The van der Waals surface area contributed by atoms with E-state index < -0.39 is 0 Å². The minimum atomic E-state index is 0.210. The first-order chi connectivity index (χ1) is 10.3. The molecule has 1 saturated carbocycles. The number of benzene rings is 1. The van der Waals surface area contributed by atoms with Crippen LogP contribution in [0.25, 0.3) is 0 Å². The average molecular weight is 286 g/mol. The topological polar surface area (TPSA) is 41.1 Å². The monoisotopic (exact) mass is 286 g/mol. The minimum Gasteiger partial charge on any atom is -0.326 e. The molecule has 0 spiro atoms. The highest BCUT2D eigenvalue weighted by Crippen LogP contribution is 2.31. The summed E-state index contributed by atoms with van der Waals surface area (Å²) < 4.78 is 0. The highest BCUT2D eigenvalue weighted by Gasteiger charge is 2.25. The molecule has 2 aliphatic rings. The summed E-state index contributed by atoms with van der Waals surface area (Å²) in [5.41, 5.74) is 3.70. The number of nitrogens with one attached hydrogen (secondary N) is 2. The predicted octanol–water partition coefficient (Wildman–Crippen LogP) is 3.49. The van der Waals surface area contributed by atoms with Crippen molar-refractivity contribution < 1.29 is 4.79 Å². The second-order valence-electron chi connectivity index (χ2n) is 6.53. The van der Waals surface area contributed by atoms with Gasteiger partial charge in [-0.1, -0.05) is 19.4 Å². The quantitative estimate of drug-likeness (QED) is 0.893. The fourth-order valence-corrected chi connectivity index (χ4v) is 3.64. The summed E-state index contributed by atoms with van der Waals surface area (Å²) in [6.45, 7) is 4.23. The molecule has 1 aliphatic carbocycles. The van der Waals surface area contributed by atoms with Gasteiger partial charge in [0.25, 0.3) is 0 Å². The van der Waals surface area contributed by atoms with E-state index in [0.29, 0.717) is 0 Å². The maximum Gasteiger partial charge on any atom is 0.227 e. The van der Waals surface area contributed by atoms with Crippen molar-refractivity contribution in [3.63, 3.8) is 0 Å². The van der Waals surface area contributed by atoms with E-state index in [4.69, 9.17) is 0 Å². The number of hydrogen-bond acceptors (Lipinski definition) is 2. The second kappa shape index (κ2) is 6.61. The lowest BCUT2D eigenvalue weighted by Gasteiger charge is -2.27. The van der Waals surface area contributed by atoms with Crippen LogP contribution in [-0.2, 0) is 17.8 Å². The number of anilines is 1. The van der Waals surface area contributed by atoms with E-state index in [0.717, 1.165) is 44.0 Å². The third-order valence-corrected chi connectivity index (χ3v) is 5.16. The molecule has 0 aromatic heterocycles. The molecule has 21 heavy (non-hydrogen) atoms. The summed E-state index contributed by atoms with van der Waals surface area (Å²) in [4.78, 5) is 12.4. The van der Waals surface area contributed by atoms with Crippen molar-refractivity contribution in [2.24, 2.45) is 11.8 Å². The lowest BCUT2D eigenvalue weighted by Crippen LogP contribution is -2.27. The van der Waals surface area contributed by atoms with Gasteiger partial charge in [0.05, 0.1) is 0 Å². The van der Waals surface area contributed by atoms with E-state index >= 15 is 0 Å². The van der Waals surface area contributed by atoms with Gasteiger partial charge in [0.1, 0.15) is 0 Å². The van der Waals surface area contributed by atoms with Crippen LogP contribution in [0.5, 0.6) is 0 Å². The smallest absolute Gasteiger partial charge is 0.227 e. The van der Waals surface area contributed by atoms with E-state index in [1.54, 1.807) is 0 Å². The van der Waals surface area contributed by atoms with Crippen molar-refractivity contribution >= 4 is 11.6 Å². The van der Waals surface area contributed by atoms with Gasteiger partial charge >= 0.3 is 0 Å². The first kappa shape index (κ1) is 14.6. The van der Waals surface area contributed by atoms with Crippen molar-refractivity contribution in [1.82, 2.24) is 5.32 Å². The lowest BCUT2D eigenvalue weighted by molar-refractivity contribution is -0.121. The molecule has 114 valence electrons. The molecule has 1 aromatic carbocycles. The minimum absolute atomic E-state index is 0.210. The molecule has 3 heteroatoms. The zero-order chi connectivity index (χ0) is 14.7. The van der Waals surface area contributed by atoms with Gasteiger partial charge < -0.3 is 10.6 Å². The molecule has 0 saturated heterocycles. The van der Waals surface area contributed by atoms with Gasteiger partial charge in [-0.2, -0.15) is 0 Å². The molecular formula is C18H26N2O. The number of fused-ring (bicyclic) bond motifs is 1. The summed E-state index contributed by atoms with van der Waals surface area (Å²) in [6.07, 6.45) is 6.87. The van der Waals surface area contributed by atoms with Crippen LogP contribution in [0.1, 0.15) is 50.2 Å². The molecule has 1 amide bonds. The van der Waals surface area contributed by atoms with Crippen LogP contribution in [0.4, 0.5) is 5.69 Å². The van der Waals surface area contributed by atoms with Gasteiger partial charge in [-0.3, -0.25) is 4.79 Å². The Bertz CT molecular complexity index is 504. The van der Waals surface area contributed by atoms with Crippen LogP contribution in [0.2, 0.25) is 0 Å². The molecule has 0 radical (unpaired) electrons. The fraction of sp³-hybridized carbons (Fsp3) is 0.611. The van der Waals surface area contributed by atoms with Gasteiger partial charge in [-0.25, -0.2) is 0 Å². The first-order valence-electron chi connectivity index (χ1n) is 8.39. The van der Waals surface area contributed by atoms with Crippen molar-refractivity contribution in [1.29, 1.82) is 0 Å². The standard InChI is InChI=1S/C18H26N2O/c1-2-13-3-5-15(6-4-13)18(21)20-17-8-7-14-9-10-19-12-16(14)11-17/h7-8,11,13,15,19H,2-6,9-10,12H2,1H3,(H,20,21). The Kier molecular flexibility index (Phi) is 4.59. The Morgan fingerprint density at radius 3 is 2.81 bits per heavy atom. The maximum atomic E-state index is 12.4. The van der Waals surface area contributed by atoms with Crippen LogP contribution in [0, 0.1) is 11.8 Å². The summed E-state index contributed by atoms with van der Waals surface area (Å²) in [5.74, 6) is 1.26. The normalized spacial score (nSPS) is 25.2. The van der Waals surface area contributed by atoms with Gasteiger partial charge in [0.2, 0.25) is 5.91 Å². The van der Waals surface area contributed by atoms with Crippen LogP contribution in [0.3, 0.4) is 0 Å². The highest BCUT2D eigenvalue weighted by molar-refractivity contribution is 5.92. The van der Waals surface area contributed by atoms with E-state index in [-0.39, 0.29) is 11.8 Å². The van der Waals surface area contributed by atoms with Gasteiger partial charge in [-0.15, -0.1) is 0 Å². The number of amides is 1. The molecule has 1 fully saturated rings. The third kappa shape index (κ3) is 3.46. The van der Waals surface area contributed by atoms with E-state index in [2.05, 4.69) is 35.8 Å². The highest BCUT2D eigenvalue weighted by atomic mass is 16.1. The molecule has 0 unspecified atom stereocenters. The van der Waals surface area contributed by atoms with Gasteiger partial charge in [0.15, 0.2) is 0 Å². The van der Waals surface area contributed by atoms with Crippen LogP contribution in [0.15, 0.2) is 18.2 Å². The molecule has 0 atom stereocenters. The summed E-state index contributed by atoms with van der Waals surface area (Å²) in [6, 6.07) is 6.36. The van der Waals surface area contributed by atoms with Gasteiger partial charge in [0, 0.05) is 18.2 Å². The predicted molar refractivity (Wildman–Crippen MR) is 86.2 cm³/mol. The Morgan fingerprint density at radius 1 is 1.24 bits per heavy atom. The Morgan fingerprint density at radius 2 is 2.05 bits per heavy atom. The molecule has 2 N–H and O–H groups in total. The molecule has 3 nitrogen and oxygen atoms in total. The van der Waals surface area contributed by atoms with Crippen molar-refractivity contribution in [2.75, 3.05) is 11.9 Å². The largest absolute Gasteiger partial charge is 0.326 e. The third-order valence-electron chi connectivity index (χ3n) is 5.16. The Balaban J connectivity index is 1.60. The van der Waals surface area contributed by atoms with Crippen molar-refractivity contribution in [3.8, 4) is 0 Å². The van der Waals surface area contributed by atoms with Crippen molar-refractivity contribution in [2.45, 2.75) is 52.0 Å². The lowest BCUT2D eigenvalue weighted by atomic mass is 9.80. The molecule has 1 aliphatic heterocycles. The molecule has 0 bridgehead atoms. The van der Waals surface area contributed by atoms with Crippen molar-refractivity contribution in [3.05, 3.63) is 29.3 Å². The van der Waals surface area contributed by atoms with Crippen LogP contribution >= 0.6 is 0 Å². The summed E-state index contributed by atoms with van der Waals surface area (Å²) >= 11 is 0. The molecule has 3 rings (SSSR count). The van der Waals surface area contributed by atoms with E-state index in [1.165, 1.54) is 30.4 Å².